The topological polar surface area (TPSA) is 3.24 Å². The van der Waals surface area contributed by atoms with E-state index >= 15 is 0 Å². The summed E-state index contributed by atoms with van der Waals surface area (Å²) in [7, 11) is 0. The van der Waals surface area contributed by atoms with Gasteiger partial charge >= 0.3 is 0 Å². The van der Waals surface area contributed by atoms with Crippen LogP contribution in [0.3, 0.4) is 0 Å². The highest BCUT2D eigenvalue weighted by Gasteiger charge is 2.22. The van der Waals surface area contributed by atoms with Crippen LogP contribution in [0.15, 0.2) is 200 Å². The van der Waals surface area contributed by atoms with Gasteiger partial charge in [-0.05, 0) is 75.5 Å². The van der Waals surface area contributed by atoms with Gasteiger partial charge in [0.25, 0.3) is 0 Å². The van der Waals surface area contributed by atoms with E-state index in [0.29, 0.717) is 0 Å². The molecular formula is C52H33NS2. The Bertz CT molecular complexity index is 3230. The molecular weight excluding hydrogens is 703 g/mol. The zero-order valence-corrected chi connectivity index (χ0v) is 31.4. The van der Waals surface area contributed by atoms with Crippen LogP contribution in [0.1, 0.15) is 0 Å². The van der Waals surface area contributed by atoms with Gasteiger partial charge in [-0.3, -0.25) is 0 Å². The normalized spacial score (nSPS) is 11.6. The first-order valence-corrected chi connectivity index (χ1v) is 20.3. The predicted octanol–water partition coefficient (Wildman–Crippen LogP) is 16.0. The molecule has 2 heterocycles. The van der Waals surface area contributed by atoms with Gasteiger partial charge in [0.1, 0.15) is 0 Å². The number of nitrogens with zero attached hydrogens (tertiary/aromatic N) is 1. The number of hydrogen-bond donors (Lipinski definition) is 0. The van der Waals surface area contributed by atoms with Crippen molar-refractivity contribution in [1.82, 2.24) is 0 Å². The van der Waals surface area contributed by atoms with E-state index in [1.807, 2.05) is 22.7 Å². The number of rotatable bonds is 6. The van der Waals surface area contributed by atoms with Crippen molar-refractivity contribution in [3.8, 4) is 33.4 Å². The van der Waals surface area contributed by atoms with Crippen molar-refractivity contribution in [2.75, 3.05) is 4.90 Å². The maximum Gasteiger partial charge on any atom is 0.0540 e. The van der Waals surface area contributed by atoms with Gasteiger partial charge in [0.15, 0.2) is 0 Å². The average Bonchev–Trinajstić information content (AvgIpc) is 3.82. The standard InChI is InChI=1S/C52H33NS2/c1-2-18-38-34(14-1)15-12-24-41(38)42-20-4-8-27-48(42)53(37-17-11-16-35(32-37)40-23-13-25-46-44-22-6-10-29-50(44)55-52(40)46)47-26-7-3-19-39(47)36-30-31-45-43-21-5-9-28-49(43)54-51(45)33-36/h1-33H. The van der Waals surface area contributed by atoms with Gasteiger partial charge in [0.05, 0.1) is 11.4 Å². The summed E-state index contributed by atoms with van der Waals surface area (Å²) in [5, 5.41) is 7.73. The lowest BCUT2D eigenvalue weighted by Gasteiger charge is -2.30. The first-order chi connectivity index (χ1) is 27.3. The Kier molecular flexibility index (Phi) is 7.61. The molecule has 0 N–H and O–H groups in total. The number of fused-ring (bicyclic) bond motifs is 7. The van der Waals surface area contributed by atoms with Crippen LogP contribution in [0.2, 0.25) is 0 Å². The number of thiophene rings is 2. The minimum atomic E-state index is 1.11. The third-order valence-electron chi connectivity index (χ3n) is 10.9. The van der Waals surface area contributed by atoms with Gasteiger partial charge in [-0.2, -0.15) is 0 Å². The molecule has 3 heteroatoms. The van der Waals surface area contributed by atoms with Gasteiger partial charge in [0.2, 0.25) is 0 Å². The van der Waals surface area contributed by atoms with Gasteiger partial charge < -0.3 is 4.90 Å². The molecule has 2 aromatic heterocycles. The molecule has 55 heavy (non-hydrogen) atoms. The Morgan fingerprint density at radius 3 is 1.71 bits per heavy atom. The van der Waals surface area contributed by atoms with Crippen LogP contribution < -0.4 is 4.90 Å². The van der Waals surface area contributed by atoms with E-state index in [1.54, 1.807) is 0 Å². The summed E-state index contributed by atoms with van der Waals surface area (Å²) in [5.41, 5.74) is 10.6. The zero-order chi connectivity index (χ0) is 36.3. The monoisotopic (exact) mass is 735 g/mol. The second-order valence-electron chi connectivity index (χ2n) is 14.0. The fourth-order valence-corrected chi connectivity index (χ4v) is 10.7. The van der Waals surface area contributed by atoms with E-state index in [0.717, 1.165) is 17.1 Å². The van der Waals surface area contributed by atoms with Crippen molar-refractivity contribution in [1.29, 1.82) is 0 Å². The fraction of sp³-hybridized carbons (Fsp3) is 0. The number of para-hydroxylation sites is 2. The number of benzene rings is 9. The molecule has 0 unspecified atom stereocenters. The van der Waals surface area contributed by atoms with E-state index in [-0.39, 0.29) is 0 Å². The molecule has 0 saturated carbocycles. The molecule has 9 aromatic carbocycles. The van der Waals surface area contributed by atoms with Crippen LogP contribution >= 0.6 is 22.7 Å². The summed E-state index contributed by atoms with van der Waals surface area (Å²) in [6, 6.07) is 73.5. The fourth-order valence-electron chi connectivity index (χ4n) is 8.36. The van der Waals surface area contributed by atoms with Crippen molar-refractivity contribution in [2.45, 2.75) is 0 Å². The highest BCUT2D eigenvalue weighted by Crippen LogP contribution is 2.48. The molecule has 0 radical (unpaired) electrons. The summed E-state index contributed by atoms with van der Waals surface area (Å²) in [5.74, 6) is 0. The lowest BCUT2D eigenvalue weighted by Crippen LogP contribution is -2.12. The van der Waals surface area contributed by atoms with Crippen molar-refractivity contribution < 1.29 is 0 Å². The minimum Gasteiger partial charge on any atom is -0.309 e. The predicted molar refractivity (Wildman–Crippen MR) is 241 cm³/mol. The van der Waals surface area contributed by atoms with Crippen LogP contribution in [0.4, 0.5) is 17.1 Å². The van der Waals surface area contributed by atoms with Crippen molar-refractivity contribution in [2.24, 2.45) is 0 Å². The van der Waals surface area contributed by atoms with E-state index < -0.39 is 0 Å². The highest BCUT2D eigenvalue weighted by molar-refractivity contribution is 7.26. The van der Waals surface area contributed by atoms with Crippen LogP contribution in [0.5, 0.6) is 0 Å². The average molecular weight is 736 g/mol. The van der Waals surface area contributed by atoms with Crippen molar-refractivity contribution in [3.63, 3.8) is 0 Å². The minimum absolute atomic E-state index is 1.11. The maximum absolute atomic E-state index is 2.48. The summed E-state index contributed by atoms with van der Waals surface area (Å²) >= 11 is 3.75. The van der Waals surface area contributed by atoms with Crippen LogP contribution in [0, 0.1) is 0 Å². The Balaban J connectivity index is 1.15. The number of anilines is 3. The van der Waals surface area contributed by atoms with Crippen molar-refractivity contribution >= 4 is 90.9 Å². The molecule has 0 fully saturated rings. The third-order valence-corrected chi connectivity index (χ3v) is 13.2. The summed E-state index contributed by atoms with van der Waals surface area (Å²) in [4.78, 5) is 2.48. The van der Waals surface area contributed by atoms with Gasteiger partial charge in [-0.25, -0.2) is 0 Å². The largest absolute Gasteiger partial charge is 0.309 e. The first-order valence-electron chi connectivity index (χ1n) is 18.7. The molecule has 0 amide bonds. The Morgan fingerprint density at radius 2 is 0.855 bits per heavy atom. The summed E-state index contributed by atoms with van der Waals surface area (Å²) in [6.07, 6.45) is 0. The highest BCUT2D eigenvalue weighted by atomic mass is 32.1. The molecule has 0 aliphatic carbocycles. The molecule has 0 saturated heterocycles. The van der Waals surface area contributed by atoms with Crippen molar-refractivity contribution in [3.05, 3.63) is 200 Å². The van der Waals surface area contributed by atoms with E-state index in [2.05, 4.69) is 205 Å². The molecule has 0 aliphatic rings. The Labute approximate surface area is 327 Å². The molecule has 0 aliphatic heterocycles. The smallest absolute Gasteiger partial charge is 0.0540 e. The van der Waals surface area contributed by atoms with Gasteiger partial charge in [-0.15, -0.1) is 22.7 Å². The second kappa shape index (κ2) is 13.1. The van der Waals surface area contributed by atoms with Gasteiger partial charge in [0, 0.05) is 57.2 Å². The second-order valence-corrected chi connectivity index (χ2v) is 16.2. The summed E-state index contributed by atoms with van der Waals surface area (Å²) in [6.45, 7) is 0. The molecule has 0 atom stereocenters. The molecule has 1 nitrogen and oxygen atoms in total. The van der Waals surface area contributed by atoms with Crippen LogP contribution in [-0.2, 0) is 0 Å². The Morgan fingerprint density at radius 1 is 0.309 bits per heavy atom. The zero-order valence-electron chi connectivity index (χ0n) is 29.8. The van der Waals surface area contributed by atoms with Crippen LogP contribution in [-0.4, -0.2) is 0 Å². The third kappa shape index (κ3) is 5.35. The SMILES string of the molecule is c1cc(-c2cccc3c2sc2ccccc23)cc(N(c2ccccc2-c2ccc3c(c2)sc2ccccc23)c2ccccc2-c2cccc3ccccc23)c1. The van der Waals surface area contributed by atoms with E-state index in [4.69, 9.17) is 0 Å². The maximum atomic E-state index is 2.48. The van der Waals surface area contributed by atoms with Crippen LogP contribution in [0.25, 0.3) is 84.5 Å². The van der Waals surface area contributed by atoms with Gasteiger partial charge in [-0.1, -0.05) is 158 Å². The quantitative estimate of drug-likeness (QED) is 0.164. The first kappa shape index (κ1) is 32.0. The lowest BCUT2D eigenvalue weighted by atomic mass is 9.95. The Hall–Kier alpha value is -6.52. The lowest BCUT2D eigenvalue weighted by molar-refractivity contribution is 1.28. The van der Waals surface area contributed by atoms with E-state index in [9.17, 15) is 0 Å². The molecule has 11 aromatic rings. The molecule has 258 valence electrons. The number of hydrogen-bond acceptors (Lipinski definition) is 3. The van der Waals surface area contributed by atoms with E-state index in [1.165, 1.54) is 84.5 Å². The molecule has 0 bridgehead atoms. The molecule has 11 rings (SSSR count). The molecule has 0 spiro atoms. The summed E-state index contributed by atoms with van der Waals surface area (Å²) < 4.78 is 5.26.